The molecule has 1 unspecified atom stereocenters. The number of methoxy groups -OCH3 is 2. The zero-order chi connectivity index (χ0) is 13.3. The molecule has 0 heterocycles. The van der Waals surface area contributed by atoms with E-state index in [9.17, 15) is 4.79 Å². The molecule has 0 fully saturated rings. The average Bonchev–Trinajstić information content (AvgIpc) is 2.23. The smallest absolute Gasteiger partial charge is 0.320 e. The fraction of sp³-hybridized carbons (Fsp3) is 0.917. The van der Waals surface area contributed by atoms with Gasteiger partial charge in [0, 0.05) is 26.8 Å². The minimum absolute atomic E-state index is 0.0792. The monoisotopic (exact) mass is 247 g/mol. The van der Waals surface area contributed by atoms with Gasteiger partial charge in [0.25, 0.3) is 0 Å². The number of nitrogens with zero attached hydrogens (tertiary/aromatic N) is 1. The first-order valence-electron chi connectivity index (χ1n) is 5.92. The van der Waals surface area contributed by atoms with Gasteiger partial charge in [-0.1, -0.05) is 0 Å². The second-order valence-corrected chi connectivity index (χ2v) is 4.31. The first-order valence-corrected chi connectivity index (χ1v) is 5.92. The first kappa shape index (κ1) is 16.4. The van der Waals surface area contributed by atoms with Crippen LogP contribution >= 0.6 is 0 Å². The second kappa shape index (κ2) is 9.39. The van der Waals surface area contributed by atoms with Crippen LogP contribution in [0.5, 0.6) is 0 Å². The molecule has 0 aromatic heterocycles. The fourth-order valence-electron chi connectivity index (χ4n) is 1.48. The van der Waals surface area contributed by atoms with Crippen molar-refractivity contribution in [3.8, 4) is 0 Å². The number of rotatable bonds is 9. The van der Waals surface area contributed by atoms with E-state index in [0.717, 1.165) is 0 Å². The van der Waals surface area contributed by atoms with E-state index in [-0.39, 0.29) is 24.7 Å². The summed E-state index contributed by atoms with van der Waals surface area (Å²) in [5.74, 6) is -0.209. The van der Waals surface area contributed by atoms with Crippen LogP contribution in [0.15, 0.2) is 0 Å². The third kappa shape index (κ3) is 8.12. The van der Waals surface area contributed by atoms with Crippen molar-refractivity contribution in [2.75, 3.05) is 40.5 Å². The maximum absolute atomic E-state index is 11.6. The summed E-state index contributed by atoms with van der Waals surface area (Å²) in [5, 5.41) is 0. The third-order valence-corrected chi connectivity index (χ3v) is 2.31. The molecule has 102 valence electrons. The Balaban J connectivity index is 4.21. The van der Waals surface area contributed by atoms with Gasteiger partial charge >= 0.3 is 5.97 Å². The predicted octanol–water partition coefficient (Wildman–Crippen LogP) is 0.921. The molecule has 0 bridgehead atoms. The van der Waals surface area contributed by atoms with Crippen LogP contribution in [-0.2, 0) is 19.0 Å². The number of ether oxygens (including phenoxy) is 3. The maximum Gasteiger partial charge on any atom is 0.320 e. The van der Waals surface area contributed by atoms with Gasteiger partial charge in [0.05, 0.1) is 25.9 Å². The predicted molar refractivity (Wildman–Crippen MR) is 66.0 cm³/mol. The molecule has 0 aliphatic heterocycles. The molecule has 0 amide bonds. The van der Waals surface area contributed by atoms with Crippen LogP contribution in [0.3, 0.4) is 0 Å². The molecule has 0 aliphatic carbocycles. The van der Waals surface area contributed by atoms with E-state index in [1.807, 2.05) is 25.7 Å². The van der Waals surface area contributed by atoms with Crippen LogP contribution in [0.2, 0.25) is 0 Å². The Morgan fingerprint density at radius 2 is 1.82 bits per heavy atom. The summed E-state index contributed by atoms with van der Waals surface area (Å²) in [6, 6.07) is 0.162. The van der Waals surface area contributed by atoms with Gasteiger partial charge in [0.1, 0.15) is 0 Å². The Kier molecular flexibility index (Phi) is 9.03. The maximum atomic E-state index is 11.6. The molecular formula is C12H25NO4. The van der Waals surface area contributed by atoms with E-state index in [1.54, 1.807) is 14.2 Å². The standard InChI is InChI=1S/C12H25NO4/c1-10(2)17-12(14)8-13(6-7-15-4)11(3)9-16-5/h10-11H,6-9H2,1-5H3. The molecule has 0 saturated carbocycles. The molecule has 5 nitrogen and oxygen atoms in total. The largest absolute Gasteiger partial charge is 0.462 e. The zero-order valence-corrected chi connectivity index (χ0v) is 11.6. The molecule has 5 heteroatoms. The van der Waals surface area contributed by atoms with Crippen LogP contribution in [0.4, 0.5) is 0 Å². The average molecular weight is 247 g/mol. The number of hydrogen-bond acceptors (Lipinski definition) is 5. The fourth-order valence-corrected chi connectivity index (χ4v) is 1.48. The highest BCUT2D eigenvalue weighted by Crippen LogP contribution is 2.01. The minimum atomic E-state index is -0.209. The van der Waals surface area contributed by atoms with E-state index < -0.39 is 0 Å². The summed E-state index contributed by atoms with van der Waals surface area (Å²) in [6.07, 6.45) is -0.0792. The van der Waals surface area contributed by atoms with E-state index in [4.69, 9.17) is 14.2 Å². The van der Waals surface area contributed by atoms with Gasteiger partial charge in [0.15, 0.2) is 0 Å². The quantitative estimate of drug-likeness (QED) is 0.567. The molecule has 0 rings (SSSR count). The van der Waals surface area contributed by atoms with Crippen LogP contribution < -0.4 is 0 Å². The lowest BCUT2D eigenvalue weighted by atomic mass is 10.3. The molecule has 1 atom stereocenters. The lowest BCUT2D eigenvalue weighted by Crippen LogP contribution is -2.42. The molecular weight excluding hydrogens is 222 g/mol. The number of carbonyl (C=O) groups excluding carboxylic acids is 1. The lowest BCUT2D eigenvalue weighted by molar-refractivity contribution is -0.149. The van der Waals surface area contributed by atoms with Gasteiger partial charge in [-0.3, -0.25) is 9.69 Å². The molecule has 0 radical (unpaired) electrons. The topological polar surface area (TPSA) is 48.0 Å². The van der Waals surface area contributed by atoms with Crippen LogP contribution in [0.25, 0.3) is 0 Å². The van der Waals surface area contributed by atoms with Crippen molar-refractivity contribution in [1.29, 1.82) is 0 Å². The zero-order valence-electron chi connectivity index (χ0n) is 11.6. The van der Waals surface area contributed by atoms with Crippen molar-refractivity contribution in [3.63, 3.8) is 0 Å². The molecule has 0 spiro atoms. The van der Waals surface area contributed by atoms with Crippen LogP contribution in [-0.4, -0.2) is 63.5 Å². The molecule has 0 aromatic carbocycles. The van der Waals surface area contributed by atoms with Crippen molar-refractivity contribution in [1.82, 2.24) is 4.90 Å². The first-order chi connectivity index (χ1) is 8.01. The molecule has 17 heavy (non-hydrogen) atoms. The Morgan fingerprint density at radius 3 is 2.29 bits per heavy atom. The van der Waals surface area contributed by atoms with Crippen molar-refractivity contribution in [3.05, 3.63) is 0 Å². The molecule has 0 saturated heterocycles. The minimum Gasteiger partial charge on any atom is -0.462 e. The van der Waals surface area contributed by atoms with Gasteiger partial charge in [-0.25, -0.2) is 0 Å². The Labute approximate surface area is 104 Å². The summed E-state index contributed by atoms with van der Waals surface area (Å²) in [4.78, 5) is 13.6. The highest BCUT2D eigenvalue weighted by Gasteiger charge is 2.18. The number of carbonyl (C=O) groups is 1. The summed E-state index contributed by atoms with van der Waals surface area (Å²) in [7, 11) is 3.29. The highest BCUT2D eigenvalue weighted by atomic mass is 16.5. The Morgan fingerprint density at radius 1 is 1.18 bits per heavy atom. The summed E-state index contributed by atoms with van der Waals surface area (Å²) < 4.78 is 15.2. The second-order valence-electron chi connectivity index (χ2n) is 4.31. The number of hydrogen-bond donors (Lipinski definition) is 0. The van der Waals surface area contributed by atoms with E-state index >= 15 is 0 Å². The van der Waals surface area contributed by atoms with Crippen molar-refractivity contribution >= 4 is 5.97 Å². The SMILES string of the molecule is COCCN(CC(=O)OC(C)C)C(C)COC. The third-order valence-electron chi connectivity index (χ3n) is 2.31. The van der Waals surface area contributed by atoms with Gasteiger partial charge in [-0.15, -0.1) is 0 Å². The van der Waals surface area contributed by atoms with Gasteiger partial charge in [0.2, 0.25) is 0 Å². The molecule has 0 N–H and O–H groups in total. The summed E-state index contributed by atoms with van der Waals surface area (Å²) >= 11 is 0. The summed E-state index contributed by atoms with van der Waals surface area (Å²) in [5.41, 5.74) is 0. The van der Waals surface area contributed by atoms with Gasteiger partial charge < -0.3 is 14.2 Å². The number of esters is 1. The molecule has 0 aliphatic rings. The van der Waals surface area contributed by atoms with E-state index in [1.165, 1.54) is 0 Å². The van der Waals surface area contributed by atoms with Gasteiger partial charge in [-0.05, 0) is 20.8 Å². The lowest BCUT2D eigenvalue weighted by Gasteiger charge is -2.27. The van der Waals surface area contributed by atoms with Gasteiger partial charge in [-0.2, -0.15) is 0 Å². The van der Waals surface area contributed by atoms with E-state index in [2.05, 4.69) is 0 Å². The normalized spacial score (nSPS) is 13.1. The van der Waals surface area contributed by atoms with Crippen LogP contribution in [0.1, 0.15) is 20.8 Å². The molecule has 0 aromatic rings. The van der Waals surface area contributed by atoms with Crippen LogP contribution in [0, 0.1) is 0 Å². The summed E-state index contributed by atoms with van der Waals surface area (Å²) in [6.45, 7) is 7.83. The van der Waals surface area contributed by atoms with Crippen molar-refractivity contribution in [2.24, 2.45) is 0 Å². The Bertz CT molecular complexity index is 209. The van der Waals surface area contributed by atoms with E-state index in [0.29, 0.717) is 19.8 Å². The Hall–Kier alpha value is -0.650. The van der Waals surface area contributed by atoms with Crippen molar-refractivity contribution in [2.45, 2.75) is 32.9 Å². The van der Waals surface area contributed by atoms with Crippen molar-refractivity contribution < 1.29 is 19.0 Å². The highest BCUT2D eigenvalue weighted by molar-refractivity contribution is 5.71.